The molecule has 19 heavy (non-hydrogen) atoms. The zero-order chi connectivity index (χ0) is 14.3. The van der Waals surface area contributed by atoms with Gasteiger partial charge < -0.3 is 10.1 Å². The zero-order valence-electron chi connectivity index (χ0n) is 10.4. The molecule has 0 aromatic carbocycles. The van der Waals surface area contributed by atoms with Gasteiger partial charge in [-0.25, -0.2) is 9.97 Å². The molecule has 0 spiro atoms. The predicted molar refractivity (Wildman–Crippen MR) is 64.1 cm³/mol. The number of anilines is 1. The summed E-state index contributed by atoms with van der Waals surface area (Å²) in [5.41, 5.74) is -0.472. The minimum atomic E-state index is -4.62. The van der Waals surface area contributed by atoms with E-state index in [0.29, 0.717) is 13.0 Å². The van der Waals surface area contributed by atoms with E-state index in [1.807, 2.05) is 13.8 Å². The highest BCUT2D eigenvalue weighted by molar-refractivity contribution is 6.29. The maximum atomic E-state index is 12.6. The van der Waals surface area contributed by atoms with Crippen molar-refractivity contribution < 1.29 is 17.9 Å². The van der Waals surface area contributed by atoms with Crippen LogP contribution >= 0.6 is 11.6 Å². The largest absolute Gasteiger partial charge is 0.451 e. The number of nitrogens with one attached hydrogen (secondary N) is 1. The van der Waals surface area contributed by atoms with E-state index >= 15 is 0 Å². The van der Waals surface area contributed by atoms with Gasteiger partial charge in [0.05, 0.1) is 11.6 Å². The number of ether oxygens (including phenoxy) is 1. The fraction of sp³-hybridized carbons (Fsp3) is 0.636. The van der Waals surface area contributed by atoms with E-state index in [-0.39, 0.29) is 17.1 Å². The Morgan fingerprint density at radius 2 is 2.16 bits per heavy atom. The molecule has 1 aliphatic heterocycles. The van der Waals surface area contributed by atoms with Crippen molar-refractivity contribution in [2.24, 2.45) is 0 Å². The Kier molecular flexibility index (Phi) is 3.61. The van der Waals surface area contributed by atoms with Crippen LogP contribution in [0.4, 0.5) is 19.0 Å². The van der Waals surface area contributed by atoms with Crippen molar-refractivity contribution in [2.75, 3.05) is 11.9 Å². The molecule has 0 amide bonds. The highest BCUT2D eigenvalue weighted by Gasteiger charge is 2.39. The molecule has 1 aromatic rings. The molecule has 2 rings (SSSR count). The Bertz CT molecular complexity index is 483. The molecule has 1 aliphatic rings. The first-order valence-electron chi connectivity index (χ1n) is 5.72. The third kappa shape index (κ3) is 3.09. The summed E-state index contributed by atoms with van der Waals surface area (Å²) in [6.45, 7) is 4.27. The maximum absolute atomic E-state index is 12.6. The van der Waals surface area contributed by atoms with Crippen LogP contribution in [0, 0.1) is 0 Å². The number of nitrogens with zero attached hydrogens (tertiary/aromatic N) is 2. The summed E-state index contributed by atoms with van der Waals surface area (Å²) in [4.78, 5) is 6.64. The van der Waals surface area contributed by atoms with Crippen LogP contribution < -0.4 is 5.32 Å². The Labute approximate surface area is 113 Å². The minimum Gasteiger partial charge on any atom is -0.376 e. The SMILES string of the molecule is CC1OCCC1(C)Nc1cc(Cl)nc(C(F)(F)F)n1. The van der Waals surface area contributed by atoms with E-state index in [9.17, 15) is 13.2 Å². The monoisotopic (exact) mass is 295 g/mol. The van der Waals surface area contributed by atoms with Gasteiger partial charge in [0.15, 0.2) is 0 Å². The summed E-state index contributed by atoms with van der Waals surface area (Å²) in [7, 11) is 0. The fourth-order valence-electron chi connectivity index (χ4n) is 1.90. The minimum absolute atomic E-state index is 0.0483. The van der Waals surface area contributed by atoms with E-state index in [0.717, 1.165) is 0 Å². The van der Waals surface area contributed by atoms with Crippen LogP contribution in [0.1, 0.15) is 26.1 Å². The molecule has 2 atom stereocenters. The van der Waals surface area contributed by atoms with Crippen molar-refractivity contribution in [1.29, 1.82) is 0 Å². The van der Waals surface area contributed by atoms with E-state index in [1.54, 1.807) is 0 Å². The van der Waals surface area contributed by atoms with Crippen LogP contribution in [0.3, 0.4) is 0 Å². The lowest BCUT2D eigenvalue weighted by Gasteiger charge is -2.29. The lowest BCUT2D eigenvalue weighted by molar-refractivity contribution is -0.144. The predicted octanol–water partition coefficient (Wildman–Crippen LogP) is 3.13. The molecule has 0 aliphatic carbocycles. The first kappa shape index (κ1) is 14.3. The Hall–Kier alpha value is -1.08. The zero-order valence-corrected chi connectivity index (χ0v) is 11.1. The lowest BCUT2D eigenvalue weighted by Crippen LogP contribution is -2.41. The summed E-state index contributed by atoms with van der Waals surface area (Å²) in [5, 5.41) is 2.71. The molecule has 4 nitrogen and oxygen atoms in total. The average molecular weight is 296 g/mol. The van der Waals surface area contributed by atoms with Crippen LogP contribution in [-0.4, -0.2) is 28.2 Å². The first-order valence-corrected chi connectivity index (χ1v) is 6.10. The number of hydrogen-bond acceptors (Lipinski definition) is 4. The van der Waals surface area contributed by atoms with Gasteiger partial charge in [-0.15, -0.1) is 0 Å². The summed E-state index contributed by atoms with van der Waals surface area (Å²) >= 11 is 5.60. The van der Waals surface area contributed by atoms with Crippen molar-refractivity contribution >= 4 is 17.4 Å². The second kappa shape index (κ2) is 4.79. The van der Waals surface area contributed by atoms with Gasteiger partial charge in [0.1, 0.15) is 11.0 Å². The van der Waals surface area contributed by atoms with E-state index in [1.165, 1.54) is 6.07 Å². The molecule has 106 valence electrons. The standard InChI is InChI=1S/C11H13ClF3N3O/c1-6-10(2,3-4-19-6)18-8-5-7(12)16-9(17-8)11(13,14)15/h5-6H,3-4H2,1-2H3,(H,16,17,18). The lowest BCUT2D eigenvalue weighted by atomic mass is 9.95. The van der Waals surface area contributed by atoms with Crippen molar-refractivity contribution in [2.45, 2.75) is 38.1 Å². The Morgan fingerprint density at radius 3 is 2.68 bits per heavy atom. The fourth-order valence-corrected chi connectivity index (χ4v) is 2.08. The van der Waals surface area contributed by atoms with Crippen LogP contribution in [-0.2, 0) is 10.9 Å². The van der Waals surface area contributed by atoms with Crippen molar-refractivity contribution in [3.05, 3.63) is 17.0 Å². The van der Waals surface area contributed by atoms with Gasteiger partial charge in [0, 0.05) is 12.7 Å². The van der Waals surface area contributed by atoms with Crippen LogP contribution in [0.25, 0.3) is 0 Å². The summed E-state index contributed by atoms with van der Waals surface area (Å²) < 4.78 is 43.2. The molecule has 1 saturated heterocycles. The number of aromatic nitrogens is 2. The molecule has 8 heteroatoms. The smallest absolute Gasteiger partial charge is 0.376 e. The van der Waals surface area contributed by atoms with Crippen LogP contribution in [0.15, 0.2) is 6.07 Å². The van der Waals surface area contributed by atoms with E-state index in [2.05, 4.69) is 15.3 Å². The van der Waals surface area contributed by atoms with Crippen molar-refractivity contribution in [3.8, 4) is 0 Å². The summed E-state index contributed by atoms with van der Waals surface area (Å²) in [6, 6.07) is 1.27. The normalized spacial score (nSPS) is 27.6. The molecule has 2 unspecified atom stereocenters. The van der Waals surface area contributed by atoms with E-state index in [4.69, 9.17) is 16.3 Å². The maximum Gasteiger partial charge on any atom is 0.451 e. The molecule has 1 N–H and O–H groups in total. The molecule has 0 bridgehead atoms. The number of hydrogen-bond donors (Lipinski definition) is 1. The summed E-state index contributed by atoms with van der Waals surface area (Å²) in [6.07, 6.45) is -4.08. The van der Waals surface area contributed by atoms with Gasteiger partial charge >= 0.3 is 6.18 Å². The van der Waals surface area contributed by atoms with E-state index < -0.39 is 17.5 Å². The number of halogens is 4. The molecule has 0 saturated carbocycles. The molecule has 1 aromatic heterocycles. The third-order valence-electron chi connectivity index (χ3n) is 3.25. The van der Waals surface area contributed by atoms with Crippen LogP contribution in [0.2, 0.25) is 5.15 Å². The number of alkyl halides is 3. The Balaban J connectivity index is 2.28. The highest BCUT2D eigenvalue weighted by atomic mass is 35.5. The van der Waals surface area contributed by atoms with Gasteiger partial charge in [-0.3, -0.25) is 0 Å². The summed E-state index contributed by atoms with van der Waals surface area (Å²) in [5.74, 6) is -1.20. The average Bonchev–Trinajstić information content (AvgIpc) is 2.56. The highest BCUT2D eigenvalue weighted by Crippen LogP contribution is 2.32. The topological polar surface area (TPSA) is 47.0 Å². The third-order valence-corrected chi connectivity index (χ3v) is 3.44. The van der Waals surface area contributed by atoms with Crippen LogP contribution in [0.5, 0.6) is 0 Å². The van der Waals surface area contributed by atoms with Gasteiger partial charge in [0.2, 0.25) is 5.82 Å². The van der Waals surface area contributed by atoms with Gasteiger partial charge in [0.25, 0.3) is 0 Å². The molecular weight excluding hydrogens is 283 g/mol. The Morgan fingerprint density at radius 1 is 1.47 bits per heavy atom. The van der Waals surface area contributed by atoms with Gasteiger partial charge in [-0.1, -0.05) is 11.6 Å². The van der Waals surface area contributed by atoms with Crippen molar-refractivity contribution in [3.63, 3.8) is 0 Å². The molecule has 2 heterocycles. The second-order valence-corrected chi connectivity index (χ2v) is 5.09. The van der Waals surface area contributed by atoms with Gasteiger partial charge in [-0.05, 0) is 20.3 Å². The van der Waals surface area contributed by atoms with Gasteiger partial charge in [-0.2, -0.15) is 13.2 Å². The molecule has 0 radical (unpaired) electrons. The molecule has 1 fully saturated rings. The second-order valence-electron chi connectivity index (χ2n) is 4.70. The first-order chi connectivity index (χ1) is 8.71. The quantitative estimate of drug-likeness (QED) is 0.852. The van der Waals surface area contributed by atoms with Crippen molar-refractivity contribution in [1.82, 2.24) is 9.97 Å². The molecular formula is C11H13ClF3N3O. The number of rotatable bonds is 2.